The van der Waals surface area contributed by atoms with Gasteiger partial charge in [-0.2, -0.15) is 25.9 Å². The molecule has 12 nitrogen and oxygen atoms in total. The maximum atomic E-state index is 13.7. The molecule has 1 aliphatic heterocycles. The number of carboxylic acids is 1. The fraction of sp³-hybridized carbons (Fsp3) is 0.588. The molecule has 280 valence electrons. The van der Waals surface area contributed by atoms with Gasteiger partial charge in [0.2, 0.25) is 0 Å². The molecular formula is C34H45F3N6O6S2. The SMILES string of the molecule is CN(C)S(=O)(=O)Nc1ccc([C@@H](CC[NH+]2CCCC(=O)CC2)CC(=O)c2nc3cc4c(nc3s2)CC[C@H](C(C)(C)C)C4)cn1.O=C([O-])C(F)(F)F. The summed E-state index contributed by atoms with van der Waals surface area (Å²) in [5.74, 6) is -2.01. The number of thiazole rings is 1. The number of hydrogen-bond donors (Lipinski definition) is 2. The number of ketones is 2. The summed E-state index contributed by atoms with van der Waals surface area (Å²) < 4.78 is 59.6. The van der Waals surface area contributed by atoms with Crippen LogP contribution in [0.5, 0.6) is 0 Å². The van der Waals surface area contributed by atoms with Gasteiger partial charge in [-0.3, -0.25) is 14.3 Å². The zero-order valence-corrected chi connectivity index (χ0v) is 31.1. The minimum Gasteiger partial charge on any atom is -0.542 e. The van der Waals surface area contributed by atoms with E-state index < -0.39 is 22.4 Å². The van der Waals surface area contributed by atoms with Gasteiger partial charge in [0, 0.05) is 51.7 Å². The second kappa shape index (κ2) is 16.4. The van der Waals surface area contributed by atoms with Gasteiger partial charge in [-0.25, -0.2) is 15.0 Å². The maximum absolute atomic E-state index is 13.7. The Labute approximate surface area is 300 Å². The van der Waals surface area contributed by atoms with E-state index in [1.54, 1.807) is 12.3 Å². The molecule has 5 rings (SSSR count). The summed E-state index contributed by atoms with van der Waals surface area (Å²) in [6.45, 7) is 9.48. The first kappa shape index (κ1) is 40.2. The molecule has 1 fully saturated rings. The first-order valence-electron chi connectivity index (χ1n) is 16.8. The third-order valence-corrected chi connectivity index (χ3v) is 11.9. The van der Waals surface area contributed by atoms with Crippen LogP contribution in [0.15, 0.2) is 24.4 Å². The Morgan fingerprint density at radius 3 is 2.43 bits per heavy atom. The number of quaternary nitrogens is 1. The van der Waals surface area contributed by atoms with Crippen molar-refractivity contribution in [3.8, 4) is 0 Å². The van der Waals surface area contributed by atoms with Gasteiger partial charge in [0.15, 0.2) is 10.8 Å². The number of rotatable bonds is 10. The molecule has 2 N–H and O–H groups in total. The van der Waals surface area contributed by atoms with Crippen LogP contribution in [0, 0.1) is 11.3 Å². The molecule has 1 saturated heterocycles. The molecule has 0 amide bonds. The van der Waals surface area contributed by atoms with E-state index in [1.165, 1.54) is 35.9 Å². The number of anilines is 1. The van der Waals surface area contributed by atoms with Crippen molar-refractivity contribution in [1.82, 2.24) is 19.3 Å². The second-order valence-electron chi connectivity index (χ2n) is 14.4. The number of likely N-dealkylation sites (tertiary alicyclic amines) is 1. The number of aliphatic carboxylic acids is 1. The number of carbonyl (C=O) groups excluding carboxylic acids is 3. The van der Waals surface area contributed by atoms with Gasteiger partial charge in [0.05, 0.1) is 26.1 Å². The quantitative estimate of drug-likeness (QED) is 0.296. The highest BCUT2D eigenvalue weighted by Crippen LogP contribution is 2.38. The van der Waals surface area contributed by atoms with Crippen LogP contribution in [0.25, 0.3) is 10.3 Å². The van der Waals surface area contributed by atoms with Crippen LogP contribution in [0.2, 0.25) is 0 Å². The number of nitrogens with zero attached hydrogens (tertiary/aromatic N) is 4. The first-order chi connectivity index (χ1) is 23.7. The first-order valence-corrected chi connectivity index (χ1v) is 19.1. The van der Waals surface area contributed by atoms with Gasteiger partial charge in [0.25, 0.3) is 0 Å². The minimum atomic E-state index is -5.19. The van der Waals surface area contributed by atoms with Crippen LogP contribution in [0.1, 0.15) is 91.8 Å². The van der Waals surface area contributed by atoms with Crippen molar-refractivity contribution in [1.29, 1.82) is 0 Å². The lowest BCUT2D eigenvalue weighted by Crippen LogP contribution is -3.11. The van der Waals surface area contributed by atoms with Crippen molar-refractivity contribution >= 4 is 55.2 Å². The number of alkyl halides is 3. The Hall–Kier alpha value is -3.54. The summed E-state index contributed by atoms with van der Waals surface area (Å²) in [7, 11) is -0.777. The molecule has 1 aliphatic carbocycles. The van der Waals surface area contributed by atoms with Crippen molar-refractivity contribution in [2.75, 3.05) is 38.5 Å². The Bertz CT molecular complexity index is 1820. The topological polar surface area (TPSA) is 167 Å². The van der Waals surface area contributed by atoms with E-state index in [0.717, 1.165) is 77.6 Å². The van der Waals surface area contributed by atoms with E-state index in [2.05, 4.69) is 36.5 Å². The fourth-order valence-electron chi connectivity index (χ4n) is 6.23. The number of carbonyl (C=O) groups is 3. The lowest BCUT2D eigenvalue weighted by molar-refractivity contribution is -0.899. The Kier molecular flexibility index (Phi) is 13.0. The number of carboxylic acid groups (broad SMARTS) is 1. The normalized spacial score (nSPS) is 19.1. The molecule has 2 aliphatic rings. The molecule has 1 unspecified atom stereocenters. The summed E-state index contributed by atoms with van der Waals surface area (Å²) in [4.78, 5) is 50.7. The lowest BCUT2D eigenvalue weighted by atomic mass is 9.71. The molecular weight excluding hydrogens is 710 g/mol. The van der Waals surface area contributed by atoms with E-state index in [-0.39, 0.29) is 29.4 Å². The highest BCUT2D eigenvalue weighted by Gasteiger charge is 2.31. The molecule has 0 bridgehead atoms. The number of Topliss-reactive ketones (excluding diaryl/α,β-unsaturated/α-hetero) is 2. The van der Waals surface area contributed by atoms with Gasteiger partial charge in [-0.15, -0.1) is 0 Å². The molecule has 0 aromatic carbocycles. The molecule has 0 spiro atoms. The van der Waals surface area contributed by atoms with Crippen LogP contribution >= 0.6 is 11.3 Å². The molecule has 0 radical (unpaired) electrons. The number of nitrogens with one attached hydrogen (secondary N) is 2. The van der Waals surface area contributed by atoms with Gasteiger partial charge in [0.1, 0.15) is 27.9 Å². The summed E-state index contributed by atoms with van der Waals surface area (Å²) in [5.41, 5.74) is 4.29. The molecule has 17 heteroatoms. The van der Waals surface area contributed by atoms with Gasteiger partial charge in [-0.1, -0.05) is 38.2 Å². The molecule has 4 heterocycles. The Morgan fingerprint density at radius 1 is 1.12 bits per heavy atom. The highest BCUT2D eigenvalue weighted by atomic mass is 32.2. The number of halogens is 3. The average molecular weight is 755 g/mol. The van der Waals surface area contributed by atoms with Crippen LogP contribution in [-0.4, -0.2) is 85.1 Å². The predicted molar refractivity (Wildman–Crippen MR) is 185 cm³/mol. The van der Waals surface area contributed by atoms with Crippen molar-refractivity contribution < 1.29 is 46.0 Å². The van der Waals surface area contributed by atoms with E-state index in [4.69, 9.17) is 19.9 Å². The molecule has 0 saturated carbocycles. The number of pyridine rings is 2. The van der Waals surface area contributed by atoms with Crippen LogP contribution in [0.4, 0.5) is 19.0 Å². The van der Waals surface area contributed by atoms with Crippen molar-refractivity contribution in [2.24, 2.45) is 11.3 Å². The monoisotopic (exact) mass is 754 g/mol. The molecule has 3 atom stereocenters. The zero-order valence-electron chi connectivity index (χ0n) is 29.4. The average Bonchev–Trinajstić information content (AvgIpc) is 3.34. The summed E-state index contributed by atoms with van der Waals surface area (Å²) in [6.07, 6.45) is 2.67. The third-order valence-electron chi connectivity index (χ3n) is 9.44. The zero-order chi connectivity index (χ0) is 37.7. The van der Waals surface area contributed by atoms with Crippen molar-refractivity contribution in [3.63, 3.8) is 0 Å². The Morgan fingerprint density at radius 2 is 1.82 bits per heavy atom. The minimum absolute atomic E-state index is 0.0260. The molecule has 3 aromatic rings. The largest absolute Gasteiger partial charge is 0.542 e. The van der Waals surface area contributed by atoms with Crippen LogP contribution in [0.3, 0.4) is 0 Å². The summed E-state index contributed by atoms with van der Waals surface area (Å²) in [6, 6.07) is 5.63. The predicted octanol–water partition coefficient (Wildman–Crippen LogP) is 3.14. The summed E-state index contributed by atoms with van der Waals surface area (Å²) >= 11 is 1.37. The third kappa shape index (κ3) is 11.2. The fourth-order valence-corrected chi connectivity index (χ4v) is 7.69. The smallest absolute Gasteiger partial charge is 0.430 e. The van der Waals surface area contributed by atoms with E-state index in [1.807, 2.05) is 6.07 Å². The Balaban J connectivity index is 0.000000755. The van der Waals surface area contributed by atoms with Crippen molar-refractivity contribution in [3.05, 3.63) is 46.2 Å². The van der Waals surface area contributed by atoms with Gasteiger partial charge in [-0.05, 0) is 59.8 Å². The second-order valence-corrected chi connectivity index (χ2v) is 17.3. The number of fused-ring (bicyclic) bond motifs is 2. The highest BCUT2D eigenvalue weighted by molar-refractivity contribution is 7.90. The lowest BCUT2D eigenvalue weighted by Gasteiger charge is -2.34. The van der Waals surface area contributed by atoms with E-state index >= 15 is 0 Å². The van der Waals surface area contributed by atoms with Gasteiger partial charge >= 0.3 is 16.4 Å². The molecule has 51 heavy (non-hydrogen) atoms. The van der Waals surface area contributed by atoms with Crippen molar-refractivity contribution in [2.45, 2.75) is 84.2 Å². The summed E-state index contributed by atoms with van der Waals surface area (Å²) in [5, 5.41) is 9.26. The van der Waals surface area contributed by atoms with Crippen LogP contribution < -0.4 is 14.7 Å². The van der Waals surface area contributed by atoms with Crippen LogP contribution in [-0.2, 0) is 32.6 Å². The van der Waals surface area contributed by atoms with E-state index in [9.17, 15) is 31.2 Å². The molecule has 3 aromatic heterocycles. The number of aryl methyl sites for hydroxylation is 1. The maximum Gasteiger partial charge on any atom is 0.430 e. The standard InChI is InChI=1S/C32H44N6O4S2.C2HF3O2/c1-32(2,3)24-9-10-26-23(17-24)18-27-30(34-26)43-31(35-27)28(40)19-21(12-15-38-14-6-7-25(39)13-16-38)22-8-11-29(33-20-22)36-44(41,42)37(4)5;3-2(4,5)1(6)7/h8,11,18,20-21,24H,6-7,9-10,12-17,19H2,1-5H3,(H,33,36);(H,6,7)/t21-,24-;/m0./s1. The van der Waals surface area contributed by atoms with Gasteiger partial charge < -0.3 is 14.8 Å². The number of hydrogen-bond acceptors (Lipinski definition) is 10. The van der Waals surface area contributed by atoms with E-state index in [0.29, 0.717) is 29.6 Å². The number of aromatic nitrogens is 3.